The number of carbonyl (C=O) groups excluding carboxylic acids is 1. The second kappa shape index (κ2) is 9.23. The van der Waals surface area contributed by atoms with Crippen LogP contribution in [0.15, 0.2) is 45.8 Å². The Morgan fingerprint density at radius 1 is 1.21 bits per heavy atom. The number of benzene rings is 2. The van der Waals surface area contributed by atoms with E-state index in [9.17, 15) is 17.6 Å². The van der Waals surface area contributed by atoms with Gasteiger partial charge in [0.05, 0.1) is 11.6 Å². The number of halogens is 2. The lowest BCUT2D eigenvalue weighted by Gasteiger charge is -2.18. The molecule has 2 aromatic rings. The summed E-state index contributed by atoms with van der Waals surface area (Å²) in [5.74, 6) is -0.515. The molecule has 2 aromatic carbocycles. The monoisotopic (exact) mass is 484 g/mol. The highest BCUT2D eigenvalue weighted by atomic mass is 79.9. The molecule has 3 rings (SSSR count). The van der Waals surface area contributed by atoms with Crippen LogP contribution in [0.4, 0.5) is 4.39 Å². The highest BCUT2D eigenvalue weighted by Gasteiger charge is 2.30. The van der Waals surface area contributed by atoms with Crippen LogP contribution in [-0.4, -0.2) is 45.4 Å². The van der Waals surface area contributed by atoms with E-state index < -0.39 is 10.0 Å². The summed E-state index contributed by atoms with van der Waals surface area (Å²) in [6, 6.07) is 9.06. The van der Waals surface area contributed by atoms with E-state index in [1.807, 2.05) is 0 Å². The Hall–Kier alpha value is -1.97. The van der Waals surface area contributed by atoms with Crippen LogP contribution >= 0.6 is 15.9 Å². The van der Waals surface area contributed by atoms with Crippen molar-refractivity contribution in [1.29, 1.82) is 0 Å². The van der Waals surface area contributed by atoms with Crippen LogP contribution in [-0.2, 0) is 16.4 Å². The van der Waals surface area contributed by atoms with Gasteiger partial charge in [-0.05, 0) is 71.1 Å². The molecule has 1 saturated heterocycles. The average Bonchev–Trinajstić information content (AvgIpc) is 3.26. The van der Waals surface area contributed by atoms with Gasteiger partial charge in [-0.2, -0.15) is 4.31 Å². The van der Waals surface area contributed by atoms with Crippen molar-refractivity contribution in [2.75, 3.05) is 26.7 Å². The van der Waals surface area contributed by atoms with E-state index in [0.29, 0.717) is 30.5 Å². The first-order valence-corrected chi connectivity index (χ1v) is 11.5. The Morgan fingerprint density at radius 3 is 2.59 bits per heavy atom. The number of hydrogen-bond donors (Lipinski definition) is 1. The quantitative estimate of drug-likeness (QED) is 0.653. The first-order valence-electron chi connectivity index (χ1n) is 9.23. The molecule has 0 bridgehead atoms. The van der Waals surface area contributed by atoms with Gasteiger partial charge in [-0.1, -0.05) is 6.07 Å². The second-order valence-corrected chi connectivity index (χ2v) is 9.49. The molecule has 1 amide bonds. The van der Waals surface area contributed by atoms with Gasteiger partial charge in [-0.15, -0.1) is 0 Å². The van der Waals surface area contributed by atoms with Crippen LogP contribution < -0.4 is 10.1 Å². The van der Waals surface area contributed by atoms with Gasteiger partial charge in [0.2, 0.25) is 10.0 Å². The molecular formula is C20H22BrFN2O4S. The molecule has 1 fully saturated rings. The summed E-state index contributed by atoms with van der Waals surface area (Å²) >= 11 is 3.14. The van der Waals surface area contributed by atoms with E-state index in [-0.39, 0.29) is 27.9 Å². The SMILES string of the molecule is COc1ccc(C(=O)NCCc2ccc(F)c(Br)c2)cc1S(=O)(=O)N1CCCC1. The first-order chi connectivity index (χ1) is 13.8. The van der Waals surface area contributed by atoms with Crippen molar-refractivity contribution in [3.63, 3.8) is 0 Å². The van der Waals surface area contributed by atoms with Crippen LogP contribution in [0.25, 0.3) is 0 Å². The number of ether oxygens (including phenoxy) is 1. The Morgan fingerprint density at radius 2 is 1.93 bits per heavy atom. The predicted octanol–water partition coefficient (Wildman–Crippen LogP) is 3.35. The lowest BCUT2D eigenvalue weighted by atomic mass is 10.1. The zero-order valence-corrected chi connectivity index (χ0v) is 18.4. The van der Waals surface area contributed by atoms with Gasteiger partial charge in [0.25, 0.3) is 5.91 Å². The van der Waals surface area contributed by atoms with Crippen LogP contribution in [0.1, 0.15) is 28.8 Å². The maximum absolute atomic E-state index is 13.3. The molecule has 156 valence electrons. The van der Waals surface area contributed by atoms with E-state index in [1.165, 1.54) is 35.7 Å². The molecule has 6 nitrogen and oxygen atoms in total. The van der Waals surface area contributed by atoms with Gasteiger partial charge in [0, 0.05) is 25.2 Å². The third-order valence-electron chi connectivity index (χ3n) is 4.79. The first kappa shape index (κ1) is 21.7. The number of rotatable bonds is 7. The highest BCUT2D eigenvalue weighted by molar-refractivity contribution is 9.10. The number of carbonyl (C=O) groups is 1. The van der Waals surface area contributed by atoms with Crippen LogP contribution in [0.5, 0.6) is 5.75 Å². The zero-order chi connectivity index (χ0) is 21.0. The Balaban J connectivity index is 1.72. The molecule has 1 aliphatic rings. The molecule has 0 saturated carbocycles. The molecule has 0 radical (unpaired) electrons. The summed E-state index contributed by atoms with van der Waals surface area (Å²) in [5, 5.41) is 2.77. The summed E-state index contributed by atoms with van der Waals surface area (Å²) in [4.78, 5) is 12.5. The average molecular weight is 485 g/mol. The summed E-state index contributed by atoms with van der Waals surface area (Å²) in [5.41, 5.74) is 1.11. The topological polar surface area (TPSA) is 75.7 Å². The number of sulfonamides is 1. The summed E-state index contributed by atoms with van der Waals surface area (Å²) < 4.78 is 46.1. The maximum atomic E-state index is 13.3. The van der Waals surface area contributed by atoms with E-state index >= 15 is 0 Å². The maximum Gasteiger partial charge on any atom is 0.251 e. The van der Waals surface area contributed by atoms with Crippen molar-refractivity contribution in [2.24, 2.45) is 0 Å². The lowest BCUT2D eigenvalue weighted by molar-refractivity contribution is 0.0954. The molecule has 1 N–H and O–H groups in total. The van der Waals surface area contributed by atoms with Gasteiger partial charge in [-0.3, -0.25) is 4.79 Å². The number of nitrogens with zero attached hydrogens (tertiary/aromatic N) is 1. The standard InChI is InChI=1S/C20H22BrFN2O4S/c1-28-18-7-5-15(13-19(18)29(26,27)24-10-2-3-11-24)20(25)23-9-8-14-4-6-17(22)16(21)12-14/h4-7,12-13H,2-3,8-11H2,1H3,(H,23,25). The zero-order valence-electron chi connectivity index (χ0n) is 16.0. The van der Waals surface area contributed by atoms with E-state index in [1.54, 1.807) is 12.1 Å². The minimum Gasteiger partial charge on any atom is -0.495 e. The second-order valence-electron chi connectivity index (χ2n) is 6.73. The normalized spacial score (nSPS) is 14.7. The molecule has 9 heteroatoms. The van der Waals surface area contributed by atoms with Crippen LogP contribution in [0, 0.1) is 5.82 Å². The molecule has 1 aliphatic heterocycles. The van der Waals surface area contributed by atoms with Crippen molar-refractivity contribution in [2.45, 2.75) is 24.2 Å². The van der Waals surface area contributed by atoms with E-state index in [2.05, 4.69) is 21.2 Å². The fourth-order valence-electron chi connectivity index (χ4n) is 3.20. The van der Waals surface area contributed by atoms with Gasteiger partial charge >= 0.3 is 0 Å². The Labute approximate surface area is 178 Å². The van der Waals surface area contributed by atoms with Gasteiger partial charge in [-0.25, -0.2) is 12.8 Å². The van der Waals surface area contributed by atoms with Crippen LogP contribution in [0.3, 0.4) is 0 Å². The Bertz CT molecular complexity index is 1010. The summed E-state index contributed by atoms with van der Waals surface area (Å²) in [6.45, 7) is 1.27. The third-order valence-corrected chi connectivity index (χ3v) is 7.32. The fourth-order valence-corrected chi connectivity index (χ4v) is 5.33. The summed E-state index contributed by atoms with van der Waals surface area (Å²) in [7, 11) is -2.32. The molecule has 0 spiro atoms. The van der Waals surface area contributed by atoms with Crippen molar-refractivity contribution in [3.05, 3.63) is 57.8 Å². The smallest absolute Gasteiger partial charge is 0.251 e. The summed E-state index contributed by atoms with van der Waals surface area (Å²) in [6.07, 6.45) is 2.15. The van der Waals surface area contributed by atoms with Crippen molar-refractivity contribution in [1.82, 2.24) is 9.62 Å². The Kier molecular flexibility index (Phi) is 6.92. The number of nitrogens with one attached hydrogen (secondary N) is 1. The lowest BCUT2D eigenvalue weighted by Crippen LogP contribution is -2.29. The largest absolute Gasteiger partial charge is 0.495 e. The molecule has 0 aliphatic carbocycles. The molecule has 29 heavy (non-hydrogen) atoms. The highest BCUT2D eigenvalue weighted by Crippen LogP contribution is 2.29. The minimum atomic E-state index is -3.72. The number of hydrogen-bond acceptors (Lipinski definition) is 4. The number of methoxy groups -OCH3 is 1. The van der Waals surface area contributed by atoms with Crippen molar-refractivity contribution >= 4 is 31.9 Å². The van der Waals surface area contributed by atoms with Crippen molar-refractivity contribution in [3.8, 4) is 5.75 Å². The molecular weight excluding hydrogens is 463 g/mol. The molecule has 0 aromatic heterocycles. The fraction of sp³-hybridized carbons (Fsp3) is 0.350. The molecule has 0 atom stereocenters. The predicted molar refractivity (Wildman–Crippen MR) is 111 cm³/mol. The third kappa shape index (κ3) is 4.96. The number of amides is 1. The van der Waals surface area contributed by atoms with Gasteiger partial charge in [0.1, 0.15) is 16.5 Å². The van der Waals surface area contributed by atoms with Crippen molar-refractivity contribution < 1.29 is 22.3 Å². The molecule has 1 heterocycles. The van der Waals surface area contributed by atoms with E-state index in [0.717, 1.165) is 18.4 Å². The van der Waals surface area contributed by atoms with Gasteiger partial charge < -0.3 is 10.1 Å². The van der Waals surface area contributed by atoms with Crippen LogP contribution in [0.2, 0.25) is 0 Å². The van der Waals surface area contributed by atoms with Gasteiger partial charge in [0.15, 0.2) is 0 Å². The molecule has 0 unspecified atom stereocenters. The minimum absolute atomic E-state index is 0.00276. The van der Waals surface area contributed by atoms with E-state index in [4.69, 9.17) is 4.74 Å².